The molecule has 0 saturated carbocycles. The molecule has 0 radical (unpaired) electrons. The van der Waals surface area contributed by atoms with Gasteiger partial charge in [-0.15, -0.1) is 0 Å². The van der Waals surface area contributed by atoms with Crippen LogP contribution in [-0.2, 0) is 4.74 Å². The maximum atomic E-state index is 5.39. The molecule has 1 atom stereocenters. The van der Waals surface area contributed by atoms with Gasteiger partial charge in [-0.05, 0) is 34.8 Å². The van der Waals surface area contributed by atoms with E-state index in [0.29, 0.717) is 5.92 Å². The van der Waals surface area contributed by atoms with Gasteiger partial charge in [0.25, 0.3) is 0 Å². The minimum atomic E-state index is 0.0393. The summed E-state index contributed by atoms with van der Waals surface area (Å²) < 4.78 is 8.49. The van der Waals surface area contributed by atoms with Gasteiger partial charge < -0.3 is 9.14 Å². The van der Waals surface area contributed by atoms with Crippen molar-refractivity contribution in [3.63, 3.8) is 0 Å². The molecule has 0 aliphatic heterocycles. The zero-order chi connectivity index (χ0) is 12.6. The van der Waals surface area contributed by atoms with Crippen LogP contribution in [0.1, 0.15) is 44.1 Å². The molecule has 92 valence electrons. The standard InChI is InChI=1S/C13H17BrN2O/c1-8(2)12-7-16-6-10(14)5-11(9(3)17-4)13(16)15-12/h5-9H,1-4H3. The average molecular weight is 297 g/mol. The number of nitrogens with zero attached hydrogens (tertiary/aromatic N) is 2. The predicted octanol–water partition coefficient (Wildman–Crippen LogP) is 3.93. The fraction of sp³-hybridized carbons (Fsp3) is 0.462. The number of hydrogen-bond donors (Lipinski definition) is 0. The quantitative estimate of drug-likeness (QED) is 0.858. The second-order valence-corrected chi connectivity index (χ2v) is 5.46. The number of pyridine rings is 1. The summed E-state index contributed by atoms with van der Waals surface area (Å²) in [5.74, 6) is 0.430. The first-order valence-electron chi connectivity index (χ1n) is 5.73. The number of halogens is 1. The highest BCUT2D eigenvalue weighted by atomic mass is 79.9. The van der Waals surface area contributed by atoms with Gasteiger partial charge in [0.15, 0.2) is 0 Å². The number of ether oxygens (including phenoxy) is 1. The van der Waals surface area contributed by atoms with Crippen LogP contribution >= 0.6 is 15.9 Å². The lowest BCUT2D eigenvalue weighted by Crippen LogP contribution is -2.00. The van der Waals surface area contributed by atoms with Crippen LogP contribution in [0.3, 0.4) is 0 Å². The lowest BCUT2D eigenvalue weighted by Gasteiger charge is -2.11. The van der Waals surface area contributed by atoms with Crippen molar-refractivity contribution >= 4 is 21.6 Å². The zero-order valence-electron chi connectivity index (χ0n) is 10.6. The molecule has 3 nitrogen and oxygen atoms in total. The molecule has 17 heavy (non-hydrogen) atoms. The van der Waals surface area contributed by atoms with Gasteiger partial charge in [0.05, 0.1) is 11.8 Å². The fourth-order valence-electron chi connectivity index (χ4n) is 1.81. The minimum absolute atomic E-state index is 0.0393. The van der Waals surface area contributed by atoms with Crippen LogP contribution in [-0.4, -0.2) is 16.5 Å². The van der Waals surface area contributed by atoms with E-state index in [0.717, 1.165) is 21.4 Å². The number of methoxy groups -OCH3 is 1. The van der Waals surface area contributed by atoms with Crippen LogP contribution in [0.25, 0.3) is 5.65 Å². The summed E-state index contributed by atoms with van der Waals surface area (Å²) in [6, 6.07) is 2.07. The topological polar surface area (TPSA) is 26.5 Å². The summed E-state index contributed by atoms with van der Waals surface area (Å²) in [5.41, 5.74) is 3.19. The Labute approximate surface area is 110 Å². The third-order valence-electron chi connectivity index (χ3n) is 2.95. The van der Waals surface area contributed by atoms with Crippen molar-refractivity contribution < 1.29 is 4.74 Å². The normalized spacial score (nSPS) is 13.5. The van der Waals surface area contributed by atoms with Crippen molar-refractivity contribution in [3.8, 4) is 0 Å². The van der Waals surface area contributed by atoms with E-state index in [1.165, 1.54) is 0 Å². The lowest BCUT2D eigenvalue weighted by molar-refractivity contribution is 0.120. The Bertz CT molecular complexity index is 533. The first kappa shape index (κ1) is 12.6. The summed E-state index contributed by atoms with van der Waals surface area (Å²) in [5, 5.41) is 0. The molecule has 0 aliphatic rings. The van der Waals surface area contributed by atoms with Crippen molar-refractivity contribution in [1.82, 2.24) is 9.38 Å². The summed E-state index contributed by atoms with van der Waals surface area (Å²) in [6.07, 6.45) is 4.15. The van der Waals surface area contributed by atoms with Gasteiger partial charge in [-0.25, -0.2) is 4.98 Å². The lowest BCUT2D eigenvalue weighted by atomic mass is 10.1. The van der Waals surface area contributed by atoms with Crippen molar-refractivity contribution in [1.29, 1.82) is 0 Å². The molecule has 0 aliphatic carbocycles. The Morgan fingerprint density at radius 3 is 2.59 bits per heavy atom. The van der Waals surface area contributed by atoms with Gasteiger partial charge in [0.1, 0.15) is 5.65 Å². The van der Waals surface area contributed by atoms with E-state index >= 15 is 0 Å². The van der Waals surface area contributed by atoms with Crippen LogP contribution in [0.15, 0.2) is 22.9 Å². The second kappa shape index (κ2) is 4.78. The molecule has 0 saturated heterocycles. The highest BCUT2D eigenvalue weighted by molar-refractivity contribution is 9.10. The minimum Gasteiger partial charge on any atom is -0.377 e. The van der Waals surface area contributed by atoms with Crippen molar-refractivity contribution in [3.05, 3.63) is 34.2 Å². The van der Waals surface area contributed by atoms with Gasteiger partial charge in [-0.1, -0.05) is 13.8 Å². The highest BCUT2D eigenvalue weighted by Crippen LogP contribution is 2.26. The molecule has 2 heterocycles. The van der Waals surface area contributed by atoms with Crippen LogP contribution in [0.2, 0.25) is 0 Å². The van der Waals surface area contributed by atoms with Crippen LogP contribution < -0.4 is 0 Å². The number of rotatable bonds is 3. The maximum Gasteiger partial charge on any atom is 0.142 e. The average Bonchev–Trinajstić information content (AvgIpc) is 2.70. The van der Waals surface area contributed by atoms with Crippen LogP contribution in [0.4, 0.5) is 0 Å². The smallest absolute Gasteiger partial charge is 0.142 e. The number of fused-ring (bicyclic) bond motifs is 1. The Kier molecular flexibility index (Phi) is 3.54. The molecule has 2 aromatic heterocycles. The van der Waals surface area contributed by atoms with E-state index in [1.807, 2.05) is 13.1 Å². The number of imidazole rings is 1. The molecule has 2 aromatic rings. The Morgan fingerprint density at radius 1 is 1.29 bits per heavy atom. The summed E-state index contributed by atoms with van der Waals surface area (Å²) in [7, 11) is 1.72. The van der Waals surface area contributed by atoms with E-state index < -0.39 is 0 Å². The number of aromatic nitrogens is 2. The van der Waals surface area contributed by atoms with Gasteiger partial charge in [-0.3, -0.25) is 0 Å². The SMILES string of the molecule is COC(C)c1cc(Br)cn2cc(C(C)C)nc12. The van der Waals surface area contributed by atoms with E-state index in [2.05, 4.69) is 51.4 Å². The van der Waals surface area contributed by atoms with Gasteiger partial charge in [0.2, 0.25) is 0 Å². The summed E-state index contributed by atoms with van der Waals surface area (Å²) in [6.45, 7) is 6.33. The van der Waals surface area contributed by atoms with E-state index in [-0.39, 0.29) is 6.10 Å². The Morgan fingerprint density at radius 2 is 2.00 bits per heavy atom. The van der Waals surface area contributed by atoms with E-state index in [1.54, 1.807) is 7.11 Å². The molecule has 1 unspecified atom stereocenters. The summed E-state index contributed by atoms with van der Waals surface area (Å²) >= 11 is 3.52. The third-order valence-corrected chi connectivity index (χ3v) is 3.38. The van der Waals surface area contributed by atoms with Crippen molar-refractivity contribution in [2.24, 2.45) is 0 Å². The molecular weight excluding hydrogens is 280 g/mol. The van der Waals surface area contributed by atoms with Gasteiger partial charge >= 0.3 is 0 Å². The Balaban J connectivity index is 2.65. The van der Waals surface area contributed by atoms with Crippen molar-refractivity contribution in [2.45, 2.75) is 32.8 Å². The predicted molar refractivity (Wildman–Crippen MR) is 72.4 cm³/mol. The maximum absolute atomic E-state index is 5.39. The first-order valence-corrected chi connectivity index (χ1v) is 6.53. The molecule has 0 spiro atoms. The van der Waals surface area contributed by atoms with Gasteiger partial charge in [-0.2, -0.15) is 0 Å². The zero-order valence-corrected chi connectivity index (χ0v) is 12.2. The highest BCUT2D eigenvalue weighted by Gasteiger charge is 2.14. The number of hydrogen-bond acceptors (Lipinski definition) is 2. The molecule has 0 aromatic carbocycles. The van der Waals surface area contributed by atoms with Crippen LogP contribution in [0.5, 0.6) is 0 Å². The molecule has 0 N–H and O–H groups in total. The Hall–Kier alpha value is -0.870. The summed E-state index contributed by atoms with van der Waals surface area (Å²) in [4.78, 5) is 4.68. The van der Waals surface area contributed by atoms with Crippen LogP contribution in [0, 0.1) is 0 Å². The largest absolute Gasteiger partial charge is 0.377 e. The monoisotopic (exact) mass is 296 g/mol. The molecule has 4 heteroatoms. The molecule has 0 amide bonds. The van der Waals surface area contributed by atoms with E-state index in [4.69, 9.17) is 4.74 Å². The second-order valence-electron chi connectivity index (χ2n) is 4.54. The molecule has 2 rings (SSSR count). The molecule has 0 fully saturated rings. The third kappa shape index (κ3) is 2.38. The first-order chi connectivity index (χ1) is 8.02. The van der Waals surface area contributed by atoms with Crippen molar-refractivity contribution in [2.75, 3.05) is 7.11 Å². The van der Waals surface area contributed by atoms with E-state index in [9.17, 15) is 0 Å². The molecular formula is C13H17BrN2O. The van der Waals surface area contributed by atoms with Gasteiger partial charge in [0, 0.05) is 29.5 Å². The fourth-order valence-corrected chi connectivity index (χ4v) is 2.28. The molecule has 0 bridgehead atoms.